The van der Waals surface area contributed by atoms with Crippen molar-refractivity contribution in [2.75, 3.05) is 13.1 Å². The Balaban J connectivity index is 1.76. The van der Waals surface area contributed by atoms with Crippen LogP contribution in [0.25, 0.3) is 0 Å². The van der Waals surface area contributed by atoms with E-state index in [1.807, 2.05) is 0 Å². The van der Waals surface area contributed by atoms with Gasteiger partial charge in [0.2, 0.25) is 0 Å². The maximum absolute atomic E-state index is 13.0. The van der Waals surface area contributed by atoms with Crippen molar-refractivity contribution in [2.24, 2.45) is 0 Å². The fourth-order valence-corrected chi connectivity index (χ4v) is 1.79. The van der Waals surface area contributed by atoms with E-state index in [2.05, 4.69) is 10.6 Å². The third kappa shape index (κ3) is 4.37. The lowest BCUT2D eigenvalue weighted by Gasteiger charge is -2.07. The predicted octanol–water partition coefficient (Wildman–Crippen LogP) is 2.12. The molecule has 4 nitrogen and oxygen atoms in total. The Morgan fingerprint density at radius 2 is 1.36 bits per heavy atom. The van der Waals surface area contributed by atoms with Crippen molar-refractivity contribution in [2.45, 2.75) is 0 Å². The summed E-state index contributed by atoms with van der Waals surface area (Å²) in [5.41, 5.74) is 0.544. The number of hydrogen-bond acceptors (Lipinski definition) is 2. The number of halogens is 2. The Morgan fingerprint density at radius 3 is 1.95 bits per heavy atom. The second-order valence-electron chi connectivity index (χ2n) is 4.53. The molecule has 2 amide bonds. The van der Waals surface area contributed by atoms with E-state index in [0.717, 1.165) is 6.07 Å². The lowest BCUT2D eigenvalue weighted by Crippen LogP contribution is -2.34. The zero-order valence-electron chi connectivity index (χ0n) is 11.6. The number of amides is 2. The van der Waals surface area contributed by atoms with Gasteiger partial charge in [0.05, 0.1) is 0 Å². The van der Waals surface area contributed by atoms with Gasteiger partial charge in [0, 0.05) is 24.2 Å². The molecule has 0 fully saturated rings. The van der Waals surface area contributed by atoms with E-state index in [1.165, 1.54) is 42.5 Å². The van der Waals surface area contributed by atoms with Crippen molar-refractivity contribution in [3.05, 3.63) is 71.3 Å². The SMILES string of the molecule is O=C(NCCNC(=O)c1cccc(F)c1)c1ccc(F)cc1. The molecule has 6 heteroatoms. The molecule has 2 aromatic rings. The fourth-order valence-electron chi connectivity index (χ4n) is 1.79. The Hall–Kier alpha value is -2.76. The van der Waals surface area contributed by atoms with Crippen molar-refractivity contribution >= 4 is 11.8 Å². The van der Waals surface area contributed by atoms with Crippen LogP contribution in [-0.4, -0.2) is 24.9 Å². The van der Waals surface area contributed by atoms with Gasteiger partial charge in [-0.05, 0) is 42.5 Å². The molecule has 2 aromatic carbocycles. The van der Waals surface area contributed by atoms with Crippen molar-refractivity contribution in [3.8, 4) is 0 Å². The highest BCUT2D eigenvalue weighted by Crippen LogP contribution is 2.03. The van der Waals surface area contributed by atoms with Gasteiger partial charge in [-0.1, -0.05) is 6.07 Å². The van der Waals surface area contributed by atoms with E-state index in [-0.39, 0.29) is 24.6 Å². The maximum Gasteiger partial charge on any atom is 0.251 e. The molecule has 0 spiro atoms. The molecule has 0 aromatic heterocycles. The van der Waals surface area contributed by atoms with E-state index in [1.54, 1.807) is 0 Å². The zero-order valence-corrected chi connectivity index (χ0v) is 11.6. The molecule has 0 unspecified atom stereocenters. The Morgan fingerprint density at radius 1 is 0.773 bits per heavy atom. The van der Waals surface area contributed by atoms with Gasteiger partial charge >= 0.3 is 0 Å². The highest BCUT2D eigenvalue weighted by Gasteiger charge is 2.07. The van der Waals surface area contributed by atoms with Gasteiger partial charge in [-0.2, -0.15) is 0 Å². The highest BCUT2D eigenvalue weighted by atomic mass is 19.1. The minimum absolute atomic E-state index is 0.197. The van der Waals surface area contributed by atoms with E-state index < -0.39 is 17.5 Å². The van der Waals surface area contributed by atoms with Gasteiger partial charge in [-0.3, -0.25) is 9.59 Å². The molecule has 0 aliphatic heterocycles. The molecule has 0 heterocycles. The molecule has 0 bridgehead atoms. The van der Waals surface area contributed by atoms with Gasteiger partial charge in [0.1, 0.15) is 11.6 Å². The third-order valence-electron chi connectivity index (χ3n) is 2.89. The average Bonchev–Trinajstić information content (AvgIpc) is 2.51. The van der Waals surface area contributed by atoms with Crippen molar-refractivity contribution in [1.29, 1.82) is 0 Å². The average molecular weight is 304 g/mol. The number of nitrogens with one attached hydrogen (secondary N) is 2. The molecule has 0 aliphatic carbocycles. The summed E-state index contributed by atoms with van der Waals surface area (Å²) in [6.07, 6.45) is 0. The van der Waals surface area contributed by atoms with Crippen LogP contribution in [0.2, 0.25) is 0 Å². The van der Waals surface area contributed by atoms with Crippen LogP contribution < -0.4 is 10.6 Å². The summed E-state index contributed by atoms with van der Waals surface area (Å²) < 4.78 is 25.7. The summed E-state index contributed by atoms with van der Waals surface area (Å²) in [6, 6.07) is 10.5. The van der Waals surface area contributed by atoms with E-state index >= 15 is 0 Å². The lowest BCUT2D eigenvalue weighted by atomic mass is 10.2. The number of carbonyl (C=O) groups is 2. The van der Waals surface area contributed by atoms with Crippen molar-refractivity contribution < 1.29 is 18.4 Å². The van der Waals surface area contributed by atoms with Crippen molar-refractivity contribution in [3.63, 3.8) is 0 Å². The van der Waals surface area contributed by atoms with Crippen LogP contribution in [0, 0.1) is 11.6 Å². The van der Waals surface area contributed by atoms with Crippen LogP contribution in [0.3, 0.4) is 0 Å². The summed E-state index contributed by atoms with van der Waals surface area (Å²) in [5, 5.41) is 5.15. The summed E-state index contributed by atoms with van der Waals surface area (Å²) in [6.45, 7) is 0.402. The molecule has 0 saturated carbocycles. The van der Waals surface area contributed by atoms with Crippen LogP contribution in [0.15, 0.2) is 48.5 Å². The molecular weight excluding hydrogens is 290 g/mol. The molecular formula is C16H14F2N2O2. The molecule has 114 valence electrons. The Kier molecular flexibility index (Phi) is 5.19. The second kappa shape index (κ2) is 7.31. The quantitative estimate of drug-likeness (QED) is 0.831. The smallest absolute Gasteiger partial charge is 0.251 e. The first-order valence-electron chi connectivity index (χ1n) is 6.64. The van der Waals surface area contributed by atoms with Crippen LogP contribution in [0.4, 0.5) is 8.78 Å². The largest absolute Gasteiger partial charge is 0.350 e. The summed E-state index contributed by atoms with van der Waals surface area (Å²) >= 11 is 0. The maximum atomic E-state index is 13.0. The molecule has 0 aliphatic rings. The number of hydrogen-bond donors (Lipinski definition) is 2. The Bertz CT molecular complexity index is 672. The van der Waals surface area contributed by atoms with Crippen LogP contribution >= 0.6 is 0 Å². The number of benzene rings is 2. The molecule has 2 N–H and O–H groups in total. The first-order chi connectivity index (χ1) is 10.6. The van der Waals surface area contributed by atoms with Crippen LogP contribution in [-0.2, 0) is 0 Å². The van der Waals surface area contributed by atoms with Crippen LogP contribution in [0.1, 0.15) is 20.7 Å². The lowest BCUT2D eigenvalue weighted by molar-refractivity contribution is 0.0927. The van der Waals surface area contributed by atoms with E-state index in [4.69, 9.17) is 0 Å². The summed E-state index contributed by atoms with van der Waals surface area (Å²) in [7, 11) is 0. The van der Waals surface area contributed by atoms with Gasteiger partial charge < -0.3 is 10.6 Å². The standard InChI is InChI=1S/C16H14F2N2O2/c17-13-6-4-11(5-7-13)15(21)19-8-9-20-16(22)12-2-1-3-14(18)10-12/h1-7,10H,8-9H2,(H,19,21)(H,20,22). The van der Waals surface area contributed by atoms with Crippen molar-refractivity contribution in [1.82, 2.24) is 10.6 Å². The Labute approximate surface area is 126 Å². The van der Waals surface area contributed by atoms with Gasteiger partial charge in [0.25, 0.3) is 11.8 Å². The minimum atomic E-state index is -0.489. The van der Waals surface area contributed by atoms with E-state index in [9.17, 15) is 18.4 Å². The van der Waals surface area contributed by atoms with Gasteiger partial charge in [-0.15, -0.1) is 0 Å². The molecule has 2 rings (SSSR count). The number of carbonyl (C=O) groups excluding carboxylic acids is 2. The third-order valence-corrected chi connectivity index (χ3v) is 2.89. The normalized spacial score (nSPS) is 10.1. The molecule has 0 atom stereocenters. The minimum Gasteiger partial charge on any atom is -0.350 e. The first-order valence-corrected chi connectivity index (χ1v) is 6.64. The fraction of sp³-hybridized carbons (Fsp3) is 0.125. The topological polar surface area (TPSA) is 58.2 Å². The highest BCUT2D eigenvalue weighted by molar-refractivity contribution is 5.95. The molecule has 0 radical (unpaired) electrons. The first kappa shape index (κ1) is 15.6. The molecule has 0 saturated heterocycles. The van der Waals surface area contributed by atoms with E-state index in [0.29, 0.717) is 5.56 Å². The zero-order chi connectivity index (χ0) is 15.9. The van der Waals surface area contributed by atoms with Crippen LogP contribution in [0.5, 0.6) is 0 Å². The van der Waals surface area contributed by atoms with Gasteiger partial charge in [0.15, 0.2) is 0 Å². The summed E-state index contributed by atoms with van der Waals surface area (Å²) in [5.74, 6) is -1.69. The number of rotatable bonds is 5. The summed E-state index contributed by atoms with van der Waals surface area (Å²) in [4.78, 5) is 23.4. The van der Waals surface area contributed by atoms with Gasteiger partial charge in [-0.25, -0.2) is 8.78 Å². The monoisotopic (exact) mass is 304 g/mol. The second-order valence-corrected chi connectivity index (χ2v) is 4.53. The molecule has 22 heavy (non-hydrogen) atoms. The predicted molar refractivity (Wildman–Crippen MR) is 77.5 cm³/mol.